The molecule has 0 amide bonds. The molecule has 1 N–H and O–H groups in total. The lowest BCUT2D eigenvalue weighted by Gasteiger charge is -2.12. The number of halogens is 2. The second-order valence-corrected chi connectivity index (χ2v) is 5.88. The van der Waals surface area contributed by atoms with Crippen LogP contribution < -0.4 is 14.8 Å². The smallest absolute Gasteiger partial charge is 0.387 e. The minimum absolute atomic E-state index is 0.0317. The quantitative estimate of drug-likeness (QED) is 0.623. The number of alkyl halides is 2. The van der Waals surface area contributed by atoms with E-state index in [1.54, 1.807) is 23.1 Å². The van der Waals surface area contributed by atoms with Crippen LogP contribution in [0.3, 0.4) is 0 Å². The van der Waals surface area contributed by atoms with Crippen molar-refractivity contribution in [2.75, 3.05) is 7.11 Å². The number of hydrogen-bond donors (Lipinski definition) is 1. The molecule has 142 valence electrons. The fourth-order valence-corrected chi connectivity index (χ4v) is 2.63. The van der Waals surface area contributed by atoms with Crippen LogP contribution in [0.4, 0.5) is 8.78 Å². The van der Waals surface area contributed by atoms with Crippen molar-refractivity contribution in [1.29, 1.82) is 0 Å². The minimum atomic E-state index is -2.89. The van der Waals surface area contributed by atoms with Gasteiger partial charge in [0.15, 0.2) is 11.5 Å². The topological polar surface area (TPSA) is 61.2 Å². The Morgan fingerprint density at radius 3 is 2.37 bits per heavy atom. The summed E-state index contributed by atoms with van der Waals surface area (Å²) in [7, 11) is 1.41. The van der Waals surface area contributed by atoms with Crippen LogP contribution in [-0.2, 0) is 19.6 Å². The standard InChI is InChI=1S/C19H20F2N4O2/c1-26-17-7-6-16(8-18(17)27-19(20)21)10-22-9-14-2-4-15(5-3-14)11-25-13-23-12-24-25/h2-8,12-13,19,22H,9-11H2,1H3. The Hall–Kier alpha value is -3.00. The van der Waals surface area contributed by atoms with Crippen molar-refractivity contribution in [1.82, 2.24) is 20.1 Å². The molecule has 0 aliphatic heterocycles. The van der Waals surface area contributed by atoms with E-state index in [4.69, 9.17) is 4.74 Å². The van der Waals surface area contributed by atoms with Gasteiger partial charge in [-0.2, -0.15) is 13.9 Å². The highest BCUT2D eigenvalue weighted by Gasteiger charge is 2.11. The first-order valence-electron chi connectivity index (χ1n) is 8.36. The van der Waals surface area contributed by atoms with Crippen LogP contribution in [0.1, 0.15) is 16.7 Å². The van der Waals surface area contributed by atoms with Crippen molar-refractivity contribution >= 4 is 0 Å². The summed E-state index contributed by atoms with van der Waals surface area (Å²) in [6, 6.07) is 13.1. The molecule has 0 spiro atoms. The molecule has 3 rings (SSSR count). The molecule has 8 heteroatoms. The van der Waals surface area contributed by atoms with Crippen molar-refractivity contribution in [2.24, 2.45) is 0 Å². The zero-order chi connectivity index (χ0) is 19.1. The van der Waals surface area contributed by atoms with Gasteiger partial charge in [0.05, 0.1) is 13.7 Å². The van der Waals surface area contributed by atoms with E-state index in [9.17, 15) is 8.78 Å². The SMILES string of the molecule is COc1ccc(CNCc2ccc(Cn3cncn3)cc2)cc1OC(F)F. The lowest BCUT2D eigenvalue weighted by Crippen LogP contribution is -2.13. The summed E-state index contributed by atoms with van der Waals surface area (Å²) in [5.74, 6) is 0.311. The van der Waals surface area contributed by atoms with Gasteiger partial charge in [-0.3, -0.25) is 0 Å². The molecule has 0 unspecified atom stereocenters. The molecule has 0 radical (unpaired) electrons. The molecular formula is C19H20F2N4O2. The predicted molar refractivity (Wildman–Crippen MR) is 95.7 cm³/mol. The van der Waals surface area contributed by atoms with Crippen molar-refractivity contribution in [3.8, 4) is 11.5 Å². The summed E-state index contributed by atoms with van der Waals surface area (Å²) in [5.41, 5.74) is 3.08. The average Bonchev–Trinajstić information content (AvgIpc) is 3.16. The first-order valence-corrected chi connectivity index (χ1v) is 8.36. The van der Waals surface area contributed by atoms with E-state index in [-0.39, 0.29) is 11.5 Å². The van der Waals surface area contributed by atoms with E-state index < -0.39 is 6.61 Å². The fourth-order valence-electron chi connectivity index (χ4n) is 2.63. The third-order valence-electron chi connectivity index (χ3n) is 3.94. The van der Waals surface area contributed by atoms with Gasteiger partial charge < -0.3 is 14.8 Å². The zero-order valence-electron chi connectivity index (χ0n) is 14.8. The molecule has 6 nitrogen and oxygen atoms in total. The van der Waals surface area contributed by atoms with E-state index in [0.717, 1.165) is 16.7 Å². The Morgan fingerprint density at radius 1 is 1.00 bits per heavy atom. The van der Waals surface area contributed by atoms with Crippen molar-refractivity contribution in [2.45, 2.75) is 26.2 Å². The number of hydrogen-bond acceptors (Lipinski definition) is 5. The molecule has 0 bridgehead atoms. The van der Waals surface area contributed by atoms with Crippen molar-refractivity contribution < 1.29 is 18.3 Å². The van der Waals surface area contributed by atoms with Gasteiger partial charge in [-0.15, -0.1) is 0 Å². The molecule has 0 saturated heterocycles. The normalized spacial score (nSPS) is 11.0. The van der Waals surface area contributed by atoms with Gasteiger partial charge in [-0.05, 0) is 28.8 Å². The molecule has 1 heterocycles. The van der Waals surface area contributed by atoms with Gasteiger partial charge in [0.2, 0.25) is 0 Å². The Balaban J connectivity index is 1.53. The van der Waals surface area contributed by atoms with Crippen LogP contribution in [0.15, 0.2) is 55.1 Å². The largest absolute Gasteiger partial charge is 0.493 e. The van der Waals surface area contributed by atoms with Crippen LogP contribution in [0.25, 0.3) is 0 Å². The third-order valence-corrected chi connectivity index (χ3v) is 3.94. The molecule has 0 aliphatic rings. The van der Waals surface area contributed by atoms with Gasteiger partial charge in [0, 0.05) is 13.1 Å². The van der Waals surface area contributed by atoms with Crippen molar-refractivity contribution in [3.63, 3.8) is 0 Å². The minimum Gasteiger partial charge on any atom is -0.493 e. The van der Waals surface area contributed by atoms with Crippen LogP contribution in [0.2, 0.25) is 0 Å². The highest BCUT2D eigenvalue weighted by atomic mass is 19.3. The Labute approximate surface area is 155 Å². The molecule has 0 fully saturated rings. The summed E-state index contributed by atoms with van der Waals surface area (Å²) in [6.45, 7) is -1.05. The van der Waals surface area contributed by atoms with Gasteiger partial charge in [-0.25, -0.2) is 9.67 Å². The monoisotopic (exact) mass is 374 g/mol. The maximum absolute atomic E-state index is 12.5. The molecular weight excluding hydrogens is 354 g/mol. The number of rotatable bonds is 9. The van der Waals surface area contributed by atoms with Gasteiger partial charge in [0.25, 0.3) is 0 Å². The number of nitrogens with one attached hydrogen (secondary N) is 1. The summed E-state index contributed by atoms with van der Waals surface area (Å²) in [4.78, 5) is 3.92. The van der Waals surface area contributed by atoms with Crippen LogP contribution in [-0.4, -0.2) is 28.5 Å². The Kier molecular flexibility index (Phi) is 6.32. The summed E-state index contributed by atoms with van der Waals surface area (Å²) >= 11 is 0. The maximum Gasteiger partial charge on any atom is 0.387 e. The van der Waals surface area contributed by atoms with E-state index >= 15 is 0 Å². The summed E-state index contributed by atoms with van der Waals surface area (Å²) in [6.07, 6.45) is 3.19. The predicted octanol–water partition coefficient (Wildman–Crippen LogP) is 3.23. The number of methoxy groups -OCH3 is 1. The number of ether oxygens (including phenoxy) is 2. The summed E-state index contributed by atoms with van der Waals surface area (Å²) < 4.78 is 36.3. The second-order valence-electron chi connectivity index (χ2n) is 5.88. The molecule has 0 aliphatic carbocycles. The first kappa shape index (κ1) is 18.8. The number of benzene rings is 2. The summed E-state index contributed by atoms with van der Waals surface area (Å²) in [5, 5.41) is 7.37. The maximum atomic E-state index is 12.5. The zero-order valence-corrected chi connectivity index (χ0v) is 14.8. The fraction of sp³-hybridized carbons (Fsp3) is 0.263. The second kappa shape index (κ2) is 9.09. The number of aromatic nitrogens is 3. The molecule has 27 heavy (non-hydrogen) atoms. The van der Waals surface area contributed by atoms with Crippen molar-refractivity contribution in [3.05, 3.63) is 71.8 Å². The third kappa shape index (κ3) is 5.49. The molecule has 2 aromatic carbocycles. The van der Waals surface area contributed by atoms with Crippen LogP contribution in [0, 0.1) is 0 Å². The molecule has 0 saturated carbocycles. The van der Waals surface area contributed by atoms with Gasteiger partial charge in [0.1, 0.15) is 12.7 Å². The highest BCUT2D eigenvalue weighted by Crippen LogP contribution is 2.29. The highest BCUT2D eigenvalue weighted by molar-refractivity contribution is 5.43. The van der Waals surface area contributed by atoms with Gasteiger partial charge in [-0.1, -0.05) is 30.3 Å². The van der Waals surface area contributed by atoms with Crippen LogP contribution >= 0.6 is 0 Å². The lowest BCUT2D eigenvalue weighted by molar-refractivity contribution is -0.0512. The van der Waals surface area contributed by atoms with Crippen LogP contribution in [0.5, 0.6) is 11.5 Å². The average molecular weight is 374 g/mol. The Bertz CT molecular complexity index is 839. The van der Waals surface area contributed by atoms with Gasteiger partial charge >= 0.3 is 6.61 Å². The lowest BCUT2D eigenvalue weighted by atomic mass is 10.1. The molecule has 0 atom stereocenters. The van der Waals surface area contributed by atoms with E-state index in [1.165, 1.54) is 13.4 Å². The van der Waals surface area contributed by atoms with E-state index in [1.807, 2.05) is 30.3 Å². The Morgan fingerprint density at radius 2 is 1.70 bits per heavy atom. The first-order chi connectivity index (χ1) is 13.1. The number of nitrogens with zero attached hydrogens (tertiary/aromatic N) is 3. The van der Waals surface area contributed by atoms with E-state index in [2.05, 4.69) is 20.1 Å². The molecule has 3 aromatic rings. The molecule has 1 aromatic heterocycles. The van der Waals surface area contributed by atoms with E-state index in [0.29, 0.717) is 19.6 Å².